The van der Waals surface area contributed by atoms with Crippen molar-refractivity contribution in [3.8, 4) is 17.0 Å². The van der Waals surface area contributed by atoms with Gasteiger partial charge in [0.1, 0.15) is 11.9 Å². The van der Waals surface area contributed by atoms with Crippen LogP contribution in [0.3, 0.4) is 0 Å². The van der Waals surface area contributed by atoms with Gasteiger partial charge in [0.25, 0.3) is 0 Å². The van der Waals surface area contributed by atoms with Crippen LogP contribution >= 0.6 is 0 Å². The summed E-state index contributed by atoms with van der Waals surface area (Å²) in [5.74, 6) is 0.807. The summed E-state index contributed by atoms with van der Waals surface area (Å²) in [4.78, 5) is 13.3. The fraction of sp³-hybridized carbons (Fsp3) is 0.167. The number of benzene rings is 1. The third-order valence-corrected chi connectivity index (χ3v) is 3.50. The number of hydrogen-bond acceptors (Lipinski definition) is 5. The van der Waals surface area contributed by atoms with Gasteiger partial charge in [0.05, 0.1) is 36.6 Å². The summed E-state index contributed by atoms with van der Waals surface area (Å²) in [6.45, 7) is 0. The van der Waals surface area contributed by atoms with Gasteiger partial charge in [-0.05, 0) is 36.4 Å². The topological polar surface area (TPSA) is 57.1 Å². The maximum atomic E-state index is 5.56. The van der Waals surface area contributed by atoms with Gasteiger partial charge in [0.15, 0.2) is 0 Å². The fourth-order valence-corrected chi connectivity index (χ4v) is 2.33. The van der Waals surface area contributed by atoms with Gasteiger partial charge < -0.3 is 9.47 Å². The average molecular weight is 307 g/mol. The maximum Gasteiger partial charge on any atom is 0.142 e. The van der Waals surface area contributed by atoms with E-state index in [0.717, 1.165) is 28.4 Å². The van der Waals surface area contributed by atoms with Crippen LogP contribution in [-0.4, -0.2) is 29.2 Å². The van der Waals surface area contributed by atoms with E-state index in [0.29, 0.717) is 0 Å². The molecule has 0 amide bonds. The summed E-state index contributed by atoms with van der Waals surface area (Å²) in [6, 6.07) is 13.4. The standard InChI is InChI=1S/C18H17N3O2/c1-22-14-8-6-13(7-9-14)16-11-19-12-17(21-16)18(23-2)15-5-3-4-10-20-15/h3-12,18H,1-2H3. The zero-order chi connectivity index (χ0) is 16.1. The van der Waals surface area contributed by atoms with E-state index in [1.807, 2.05) is 42.5 Å². The molecular formula is C18H17N3O2. The van der Waals surface area contributed by atoms with Crippen molar-refractivity contribution < 1.29 is 9.47 Å². The third-order valence-electron chi connectivity index (χ3n) is 3.50. The van der Waals surface area contributed by atoms with Crippen molar-refractivity contribution in [3.63, 3.8) is 0 Å². The smallest absolute Gasteiger partial charge is 0.142 e. The molecule has 0 aliphatic rings. The van der Waals surface area contributed by atoms with Gasteiger partial charge in [-0.3, -0.25) is 9.97 Å². The Morgan fingerprint density at radius 1 is 0.913 bits per heavy atom. The lowest BCUT2D eigenvalue weighted by Gasteiger charge is -2.14. The molecule has 3 aromatic rings. The van der Waals surface area contributed by atoms with E-state index in [9.17, 15) is 0 Å². The van der Waals surface area contributed by atoms with Crippen molar-refractivity contribution in [1.82, 2.24) is 15.0 Å². The predicted octanol–water partition coefficient (Wildman–Crippen LogP) is 3.28. The molecular weight excluding hydrogens is 290 g/mol. The summed E-state index contributed by atoms with van der Waals surface area (Å²) < 4.78 is 10.7. The third kappa shape index (κ3) is 3.35. The largest absolute Gasteiger partial charge is 0.497 e. The lowest BCUT2D eigenvalue weighted by atomic mass is 10.1. The summed E-state index contributed by atoms with van der Waals surface area (Å²) in [6.07, 6.45) is 4.83. The van der Waals surface area contributed by atoms with Gasteiger partial charge in [0, 0.05) is 18.9 Å². The summed E-state index contributed by atoms with van der Waals surface area (Å²) >= 11 is 0. The van der Waals surface area contributed by atoms with Crippen LogP contribution in [0.5, 0.6) is 5.75 Å². The number of rotatable bonds is 5. The monoisotopic (exact) mass is 307 g/mol. The van der Waals surface area contributed by atoms with Crippen LogP contribution in [-0.2, 0) is 4.74 Å². The zero-order valence-electron chi connectivity index (χ0n) is 13.0. The number of ether oxygens (including phenoxy) is 2. The van der Waals surface area contributed by atoms with E-state index < -0.39 is 0 Å². The van der Waals surface area contributed by atoms with Crippen LogP contribution in [0.2, 0.25) is 0 Å². The lowest BCUT2D eigenvalue weighted by molar-refractivity contribution is 0.129. The van der Waals surface area contributed by atoms with Gasteiger partial charge >= 0.3 is 0 Å². The first-order valence-corrected chi connectivity index (χ1v) is 7.22. The van der Waals surface area contributed by atoms with E-state index in [4.69, 9.17) is 9.47 Å². The molecule has 0 spiro atoms. The first-order valence-electron chi connectivity index (χ1n) is 7.22. The molecule has 2 aromatic heterocycles. The van der Waals surface area contributed by atoms with Crippen molar-refractivity contribution in [3.05, 3.63) is 72.4 Å². The second-order valence-electron chi connectivity index (χ2n) is 4.93. The minimum Gasteiger partial charge on any atom is -0.497 e. The van der Waals surface area contributed by atoms with E-state index in [-0.39, 0.29) is 6.10 Å². The summed E-state index contributed by atoms with van der Waals surface area (Å²) in [5, 5.41) is 0. The average Bonchev–Trinajstić information content (AvgIpc) is 2.64. The first kappa shape index (κ1) is 15.1. The van der Waals surface area contributed by atoms with Gasteiger partial charge in [-0.15, -0.1) is 0 Å². The Morgan fingerprint density at radius 2 is 1.74 bits per heavy atom. The summed E-state index contributed by atoms with van der Waals surface area (Å²) in [5.41, 5.74) is 3.27. The highest BCUT2D eigenvalue weighted by atomic mass is 16.5. The predicted molar refractivity (Wildman–Crippen MR) is 87.1 cm³/mol. The molecule has 2 heterocycles. The minimum atomic E-state index is -0.345. The molecule has 0 bridgehead atoms. The molecule has 3 rings (SSSR count). The SMILES string of the molecule is COc1ccc(-c2cncc(C(OC)c3ccccn3)n2)cc1. The van der Waals surface area contributed by atoms with Gasteiger partial charge in [0.2, 0.25) is 0 Å². The Labute approximate surface area is 135 Å². The number of aromatic nitrogens is 3. The molecule has 0 saturated heterocycles. The molecule has 0 fully saturated rings. The Balaban J connectivity index is 1.95. The normalized spacial score (nSPS) is 11.9. The van der Waals surface area contributed by atoms with Crippen LogP contribution in [0, 0.1) is 0 Å². The fourth-order valence-electron chi connectivity index (χ4n) is 2.33. The van der Waals surface area contributed by atoms with Gasteiger partial charge in [-0.1, -0.05) is 6.07 Å². The number of hydrogen-bond donors (Lipinski definition) is 0. The van der Waals surface area contributed by atoms with E-state index in [1.54, 1.807) is 32.8 Å². The van der Waals surface area contributed by atoms with Crippen molar-refractivity contribution in [2.45, 2.75) is 6.10 Å². The number of methoxy groups -OCH3 is 2. The number of pyridine rings is 1. The molecule has 5 nitrogen and oxygen atoms in total. The van der Waals surface area contributed by atoms with Crippen molar-refractivity contribution in [1.29, 1.82) is 0 Å². The Hall–Kier alpha value is -2.79. The van der Waals surface area contributed by atoms with Crippen LogP contribution in [0.25, 0.3) is 11.3 Å². The highest BCUT2D eigenvalue weighted by Gasteiger charge is 2.17. The van der Waals surface area contributed by atoms with Gasteiger partial charge in [-0.2, -0.15) is 0 Å². The maximum absolute atomic E-state index is 5.56. The Bertz CT molecular complexity index is 761. The molecule has 0 radical (unpaired) electrons. The van der Waals surface area contributed by atoms with Crippen LogP contribution < -0.4 is 4.74 Å². The van der Waals surface area contributed by atoms with Crippen molar-refractivity contribution >= 4 is 0 Å². The van der Waals surface area contributed by atoms with Crippen LogP contribution in [0.4, 0.5) is 0 Å². The lowest BCUT2D eigenvalue weighted by Crippen LogP contribution is -2.08. The molecule has 1 atom stereocenters. The molecule has 1 unspecified atom stereocenters. The Kier molecular flexibility index (Phi) is 4.59. The summed E-state index contributed by atoms with van der Waals surface area (Å²) in [7, 11) is 3.28. The molecule has 116 valence electrons. The molecule has 0 aliphatic heterocycles. The minimum absolute atomic E-state index is 0.345. The quantitative estimate of drug-likeness (QED) is 0.724. The number of nitrogens with zero attached hydrogens (tertiary/aromatic N) is 3. The Morgan fingerprint density at radius 3 is 2.39 bits per heavy atom. The highest BCUT2D eigenvalue weighted by molar-refractivity contribution is 5.59. The first-order chi connectivity index (χ1) is 11.3. The van der Waals surface area contributed by atoms with Crippen molar-refractivity contribution in [2.24, 2.45) is 0 Å². The second kappa shape index (κ2) is 6.98. The highest BCUT2D eigenvalue weighted by Crippen LogP contribution is 2.25. The molecule has 0 saturated carbocycles. The molecule has 1 aromatic carbocycles. The van der Waals surface area contributed by atoms with Crippen molar-refractivity contribution in [2.75, 3.05) is 14.2 Å². The molecule has 5 heteroatoms. The van der Waals surface area contributed by atoms with Crippen LogP contribution in [0.15, 0.2) is 61.1 Å². The molecule has 0 N–H and O–H groups in total. The van der Waals surface area contributed by atoms with Gasteiger partial charge in [-0.25, -0.2) is 4.98 Å². The van der Waals surface area contributed by atoms with Crippen LogP contribution in [0.1, 0.15) is 17.5 Å². The van der Waals surface area contributed by atoms with E-state index in [2.05, 4.69) is 15.0 Å². The van der Waals surface area contributed by atoms with E-state index >= 15 is 0 Å². The molecule has 23 heavy (non-hydrogen) atoms. The molecule has 0 aliphatic carbocycles. The second-order valence-corrected chi connectivity index (χ2v) is 4.93. The van der Waals surface area contributed by atoms with E-state index in [1.165, 1.54) is 0 Å². The zero-order valence-corrected chi connectivity index (χ0v) is 13.0.